The van der Waals surface area contributed by atoms with Gasteiger partial charge in [-0.3, -0.25) is 4.79 Å². The fraction of sp³-hybridized carbons (Fsp3) is 0.900. The summed E-state index contributed by atoms with van der Waals surface area (Å²) in [6.07, 6.45) is 7.23. The van der Waals surface area contributed by atoms with Crippen LogP contribution in [0.4, 0.5) is 0 Å². The van der Waals surface area contributed by atoms with Crippen LogP contribution in [-0.4, -0.2) is 18.0 Å². The molecular formula is C10H16O2. The minimum Gasteiger partial charge on any atom is -0.367 e. The Hall–Kier alpha value is -0.370. The zero-order valence-corrected chi connectivity index (χ0v) is 7.47. The Morgan fingerprint density at radius 3 is 2.67 bits per heavy atom. The minimum absolute atomic E-state index is 0.323. The van der Waals surface area contributed by atoms with Gasteiger partial charge in [-0.2, -0.15) is 0 Å². The van der Waals surface area contributed by atoms with Crippen molar-refractivity contribution in [3.63, 3.8) is 0 Å². The van der Waals surface area contributed by atoms with Crippen molar-refractivity contribution in [1.82, 2.24) is 0 Å². The summed E-state index contributed by atoms with van der Waals surface area (Å²) in [4.78, 5) is 11.7. The van der Waals surface area contributed by atoms with Gasteiger partial charge >= 0.3 is 0 Å². The van der Waals surface area contributed by atoms with E-state index in [1.807, 2.05) is 0 Å². The molecule has 0 radical (unpaired) electrons. The molecule has 1 spiro atoms. The summed E-state index contributed by atoms with van der Waals surface area (Å²) in [5, 5.41) is 0. The van der Waals surface area contributed by atoms with Crippen LogP contribution in [0.5, 0.6) is 0 Å². The Bertz CT molecular complexity index is 180. The molecular weight excluding hydrogens is 152 g/mol. The molecule has 0 aromatic rings. The quantitative estimate of drug-likeness (QED) is 0.553. The number of Topliss-reactive ketones (excluding diaryl/α,β-unsaturated/α-hetero) is 1. The van der Waals surface area contributed by atoms with Crippen LogP contribution in [0.1, 0.15) is 44.9 Å². The number of ketones is 1. The van der Waals surface area contributed by atoms with Gasteiger partial charge in [-0.05, 0) is 25.7 Å². The smallest absolute Gasteiger partial charge is 0.164 e. The summed E-state index contributed by atoms with van der Waals surface area (Å²) in [6, 6.07) is 0. The van der Waals surface area contributed by atoms with Gasteiger partial charge < -0.3 is 4.74 Å². The van der Waals surface area contributed by atoms with Crippen molar-refractivity contribution < 1.29 is 9.53 Å². The van der Waals surface area contributed by atoms with Crippen LogP contribution in [0.3, 0.4) is 0 Å². The zero-order valence-electron chi connectivity index (χ0n) is 7.47. The molecule has 1 atom stereocenters. The maximum atomic E-state index is 11.7. The van der Waals surface area contributed by atoms with Gasteiger partial charge in [-0.1, -0.05) is 12.8 Å². The third-order valence-electron chi connectivity index (χ3n) is 3.10. The molecule has 68 valence electrons. The molecule has 2 aliphatic rings. The molecule has 2 heteroatoms. The van der Waals surface area contributed by atoms with E-state index < -0.39 is 0 Å². The Morgan fingerprint density at radius 2 is 1.92 bits per heavy atom. The molecule has 1 saturated heterocycles. The van der Waals surface area contributed by atoms with Gasteiger partial charge in [-0.15, -0.1) is 0 Å². The molecule has 1 saturated carbocycles. The van der Waals surface area contributed by atoms with Crippen LogP contribution in [0, 0.1) is 0 Å². The van der Waals surface area contributed by atoms with Crippen LogP contribution >= 0.6 is 0 Å². The molecule has 2 fully saturated rings. The van der Waals surface area contributed by atoms with E-state index in [1.54, 1.807) is 0 Å². The van der Waals surface area contributed by atoms with Crippen molar-refractivity contribution in [3.8, 4) is 0 Å². The summed E-state index contributed by atoms with van der Waals surface area (Å²) in [5.41, 5.74) is -0.323. The molecule has 0 N–H and O–H groups in total. The molecule has 12 heavy (non-hydrogen) atoms. The lowest BCUT2D eigenvalue weighted by molar-refractivity contribution is -0.139. The van der Waals surface area contributed by atoms with E-state index in [0.717, 1.165) is 38.7 Å². The number of hydrogen-bond acceptors (Lipinski definition) is 2. The molecule has 2 rings (SSSR count). The van der Waals surface area contributed by atoms with E-state index in [0.29, 0.717) is 5.78 Å². The highest BCUT2D eigenvalue weighted by Crippen LogP contribution is 2.35. The molecule has 0 aromatic carbocycles. The molecule has 0 aromatic heterocycles. The molecule has 0 amide bonds. The fourth-order valence-corrected chi connectivity index (χ4v) is 2.35. The molecule has 1 unspecified atom stereocenters. The predicted octanol–water partition coefficient (Wildman–Crippen LogP) is 2.07. The van der Waals surface area contributed by atoms with Crippen molar-refractivity contribution in [3.05, 3.63) is 0 Å². The van der Waals surface area contributed by atoms with E-state index in [2.05, 4.69) is 0 Å². The number of carbonyl (C=O) groups excluding carboxylic acids is 1. The summed E-state index contributed by atoms with van der Waals surface area (Å²) < 4.78 is 5.62. The third kappa shape index (κ3) is 1.28. The van der Waals surface area contributed by atoms with E-state index in [1.165, 1.54) is 12.8 Å². The second-order valence-electron chi connectivity index (χ2n) is 3.93. The maximum Gasteiger partial charge on any atom is 0.164 e. The van der Waals surface area contributed by atoms with Crippen LogP contribution in [0.2, 0.25) is 0 Å². The second-order valence-corrected chi connectivity index (χ2v) is 3.93. The summed E-state index contributed by atoms with van der Waals surface area (Å²) >= 11 is 0. The fourth-order valence-electron chi connectivity index (χ4n) is 2.35. The summed E-state index contributed by atoms with van der Waals surface area (Å²) in [7, 11) is 0. The predicted molar refractivity (Wildman–Crippen MR) is 46.0 cm³/mol. The number of hydrogen-bond donors (Lipinski definition) is 0. The van der Waals surface area contributed by atoms with Gasteiger partial charge in [0.25, 0.3) is 0 Å². The van der Waals surface area contributed by atoms with Gasteiger partial charge in [0, 0.05) is 13.0 Å². The Morgan fingerprint density at radius 1 is 1.08 bits per heavy atom. The van der Waals surface area contributed by atoms with Gasteiger partial charge in [0.05, 0.1) is 0 Å². The van der Waals surface area contributed by atoms with Crippen LogP contribution in [0.25, 0.3) is 0 Å². The first-order chi connectivity index (χ1) is 5.83. The van der Waals surface area contributed by atoms with Crippen molar-refractivity contribution in [2.75, 3.05) is 6.61 Å². The van der Waals surface area contributed by atoms with Crippen molar-refractivity contribution >= 4 is 5.78 Å². The lowest BCUT2D eigenvalue weighted by atomic mass is 9.90. The summed E-state index contributed by atoms with van der Waals surface area (Å²) in [6.45, 7) is 0.797. The first-order valence-electron chi connectivity index (χ1n) is 5.01. The lowest BCUT2D eigenvalue weighted by Gasteiger charge is -2.24. The van der Waals surface area contributed by atoms with Crippen LogP contribution in [0.15, 0.2) is 0 Å². The highest BCUT2D eigenvalue weighted by atomic mass is 16.5. The lowest BCUT2D eigenvalue weighted by Crippen LogP contribution is -2.36. The standard InChI is InChI=1S/C10H16O2/c11-9-5-2-1-3-6-10(9)7-4-8-12-10/h1-8H2. The average molecular weight is 168 g/mol. The van der Waals surface area contributed by atoms with Crippen LogP contribution < -0.4 is 0 Å². The zero-order chi connectivity index (χ0) is 8.44. The molecule has 1 heterocycles. The monoisotopic (exact) mass is 168 g/mol. The summed E-state index contributed by atoms with van der Waals surface area (Å²) in [5.74, 6) is 0.373. The number of rotatable bonds is 0. The van der Waals surface area contributed by atoms with Gasteiger partial charge in [0.15, 0.2) is 5.78 Å². The average Bonchev–Trinajstić information content (AvgIpc) is 2.45. The largest absolute Gasteiger partial charge is 0.367 e. The maximum absolute atomic E-state index is 11.7. The van der Waals surface area contributed by atoms with Crippen molar-refractivity contribution in [2.45, 2.75) is 50.5 Å². The third-order valence-corrected chi connectivity index (χ3v) is 3.10. The van der Waals surface area contributed by atoms with E-state index >= 15 is 0 Å². The van der Waals surface area contributed by atoms with Gasteiger partial charge in [0.1, 0.15) is 5.60 Å². The second kappa shape index (κ2) is 3.17. The molecule has 0 bridgehead atoms. The van der Waals surface area contributed by atoms with Crippen LogP contribution in [-0.2, 0) is 9.53 Å². The van der Waals surface area contributed by atoms with Gasteiger partial charge in [0.2, 0.25) is 0 Å². The molecule has 2 nitrogen and oxygen atoms in total. The Labute approximate surface area is 73.3 Å². The highest BCUT2D eigenvalue weighted by Gasteiger charge is 2.41. The van der Waals surface area contributed by atoms with E-state index in [-0.39, 0.29) is 5.60 Å². The first kappa shape index (κ1) is 8.24. The highest BCUT2D eigenvalue weighted by molar-refractivity contribution is 5.87. The number of ether oxygens (including phenoxy) is 1. The Balaban J connectivity index is 2.13. The van der Waals surface area contributed by atoms with Gasteiger partial charge in [-0.25, -0.2) is 0 Å². The number of carbonyl (C=O) groups is 1. The van der Waals surface area contributed by atoms with Crippen molar-refractivity contribution in [2.24, 2.45) is 0 Å². The SMILES string of the molecule is O=C1CCCCCC12CCCO2. The normalized spacial score (nSPS) is 37.2. The first-order valence-corrected chi connectivity index (χ1v) is 5.01. The molecule has 1 aliphatic carbocycles. The van der Waals surface area contributed by atoms with Crippen molar-refractivity contribution in [1.29, 1.82) is 0 Å². The Kier molecular flexibility index (Phi) is 2.18. The topological polar surface area (TPSA) is 26.3 Å². The molecule has 1 aliphatic heterocycles. The van der Waals surface area contributed by atoms with E-state index in [4.69, 9.17) is 4.74 Å². The minimum atomic E-state index is -0.323. The van der Waals surface area contributed by atoms with E-state index in [9.17, 15) is 4.79 Å².